The summed E-state index contributed by atoms with van der Waals surface area (Å²) in [5, 5.41) is 13.3. The third-order valence-corrected chi connectivity index (χ3v) is 5.86. The van der Waals surface area contributed by atoms with Gasteiger partial charge in [-0.2, -0.15) is 0 Å². The van der Waals surface area contributed by atoms with Crippen LogP contribution >= 0.6 is 12.2 Å². The van der Waals surface area contributed by atoms with Gasteiger partial charge in [-0.05, 0) is 55.6 Å². The lowest BCUT2D eigenvalue weighted by Gasteiger charge is -2.15. The minimum Gasteiger partial charge on any atom is -0.353 e. The second kappa shape index (κ2) is 19.9. The third-order valence-electron chi connectivity index (χ3n) is 5.61. The second-order valence-electron chi connectivity index (χ2n) is 8.78. The van der Waals surface area contributed by atoms with E-state index < -0.39 is 23.8 Å². The van der Waals surface area contributed by atoms with Crippen molar-refractivity contribution >= 4 is 58.8 Å². The van der Waals surface area contributed by atoms with Crippen molar-refractivity contribution in [1.82, 2.24) is 26.2 Å². The van der Waals surface area contributed by atoms with Crippen molar-refractivity contribution in [2.24, 2.45) is 0 Å². The van der Waals surface area contributed by atoms with Gasteiger partial charge in [0.15, 0.2) is 5.11 Å². The molecule has 1 unspecified atom stereocenters. The van der Waals surface area contributed by atoms with Gasteiger partial charge in [0.2, 0.25) is 17.7 Å². The molecule has 1 aromatic rings. The number of carbonyl (C=O) groups excluding carboxylic acids is 6. The zero-order valence-electron chi connectivity index (χ0n) is 23.8. The van der Waals surface area contributed by atoms with Crippen molar-refractivity contribution in [2.75, 3.05) is 31.5 Å². The molecule has 2 rings (SSSR count). The summed E-state index contributed by atoms with van der Waals surface area (Å²) < 4.78 is 0. The van der Waals surface area contributed by atoms with E-state index in [0.29, 0.717) is 25.5 Å². The summed E-state index contributed by atoms with van der Waals surface area (Å²) in [4.78, 5) is 71.4. The van der Waals surface area contributed by atoms with E-state index in [0.717, 1.165) is 23.4 Å². The van der Waals surface area contributed by atoms with Crippen molar-refractivity contribution in [3.63, 3.8) is 0 Å². The van der Waals surface area contributed by atoms with Crippen molar-refractivity contribution < 1.29 is 28.8 Å². The second-order valence-corrected chi connectivity index (χ2v) is 9.18. The van der Waals surface area contributed by atoms with Crippen LogP contribution in [0.15, 0.2) is 36.4 Å². The molecule has 0 bridgehead atoms. The molecule has 0 radical (unpaired) electrons. The summed E-state index contributed by atoms with van der Waals surface area (Å²) in [7, 11) is 0. The van der Waals surface area contributed by atoms with E-state index in [2.05, 4.69) is 33.5 Å². The van der Waals surface area contributed by atoms with Crippen LogP contribution in [0.3, 0.4) is 0 Å². The third kappa shape index (κ3) is 14.2. The van der Waals surface area contributed by atoms with Crippen LogP contribution in [0.25, 0.3) is 0 Å². The number of hydrogen-bond donors (Lipinski definition) is 5. The van der Waals surface area contributed by atoms with Crippen molar-refractivity contribution in [1.29, 1.82) is 0 Å². The number of amides is 5. The number of rotatable bonds is 16. The van der Waals surface area contributed by atoms with Gasteiger partial charge >= 0.3 is 0 Å². The maximum Gasteiger partial charge on any atom is 0.253 e. The highest BCUT2D eigenvalue weighted by atomic mass is 32.1. The van der Waals surface area contributed by atoms with E-state index >= 15 is 0 Å². The SMILES string of the molecule is CC.CCCc1ccc(NC(=S)NCC(=O)NCC(=O)NCC(=O)NC(C=O)CCCCN2C(=O)C=CC2=O)cc1. The number of aldehydes is 1. The zero-order valence-corrected chi connectivity index (χ0v) is 24.6. The smallest absolute Gasteiger partial charge is 0.253 e. The van der Waals surface area contributed by atoms with E-state index in [1.165, 1.54) is 17.7 Å². The number of aryl methyl sites for hydroxylation is 1. The molecule has 1 atom stereocenters. The molecule has 224 valence electrons. The summed E-state index contributed by atoms with van der Waals surface area (Å²) in [6.07, 6.45) is 6.34. The van der Waals surface area contributed by atoms with Crippen LogP contribution in [0.5, 0.6) is 0 Å². The van der Waals surface area contributed by atoms with Crippen molar-refractivity contribution in [3.8, 4) is 0 Å². The van der Waals surface area contributed by atoms with Crippen molar-refractivity contribution in [2.45, 2.75) is 58.9 Å². The quantitative estimate of drug-likeness (QED) is 0.0818. The molecule has 0 aromatic heterocycles. The van der Waals surface area contributed by atoms with E-state index in [1.54, 1.807) is 0 Å². The number of benzene rings is 1. The fourth-order valence-electron chi connectivity index (χ4n) is 3.58. The molecule has 5 amide bonds. The van der Waals surface area contributed by atoms with Gasteiger partial charge in [0.25, 0.3) is 11.8 Å². The summed E-state index contributed by atoms with van der Waals surface area (Å²) in [6, 6.07) is 7.03. The highest BCUT2D eigenvalue weighted by molar-refractivity contribution is 7.80. The first-order valence-electron chi connectivity index (χ1n) is 13.7. The van der Waals surface area contributed by atoms with Crippen LogP contribution in [-0.2, 0) is 35.2 Å². The highest BCUT2D eigenvalue weighted by Gasteiger charge is 2.22. The van der Waals surface area contributed by atoms with Gasteiger partial charge in [-0.15, -0.1) is 0 Å². The zero-order chi connectivity index (χ0) is 30.6. The lowest BCUT2D eigenvalue weighted by molar-refractivity contribution is -0.137. The maximum absolute atomic E-state index is 12.1. The number of anilines is 1. The largest absolute Gasteiger partial charge is 0.353 e. The number of nitrogens with zero attached hydrogens (tertiary/aromatic N) is 1. The monoisotopic (exact) mass is 588 g/mol. The molecule has 12 nitrogen and oxygen atoms in total. The summed E-state index contributed by atoms with van der Waals surface area (Å²) in [5.41, 5.74) is 2.01. The molecule has 0 saturated carbocycles. The standard InChI is InChI=1S/C26H34N6O6S.C2H6/c1-2-5-18-7-9-19(10-8-18)31-26(39)29-15-22(35)27-14-21(34)28-16-23(36)30-20(17-33)6-3-4-13-32-24(37)11-12-25(32)38;1-2/h7-12,17,20H,2-6,13-16H2,1H3,(H,27,35)(H,28,34)(H,30,36)(H2,29,31,39);1-2H3. The Labute approximate surface area is 246 Å². The Kier molecular flexibility index (Phi) is 16.9. The first-order chi connectivity index (χ1) is 19.7. The molecular weight excluding hydrogens is 548 g/mol. The molecule has 41 heavy (non-hydrogen) atoms. The fraction of sp³-hybridized carbons (Fsp3) is 0.464. The normalized spacial score (nSPS) is 12.5. The topological polar surface area (TPSA) is 166 Å². The molecule has 0 saturated heterocycles. The van der Waals surface area contributed by atoms with E-state index in [4.69, 9.17) is 12.2 Å². The molecule has 0 spiro atoms. The van der Waals surface area contributed by atoms with Gasteiger partial charge in [0, 0.05) is 24.4 Å². The number of imide groups is 1. The molecule has 1 aliphatic rings. The van der Waals surface area contributed by atoms with E-state index in [9.17, 15) is 28.8 Å². The van der Waals surface area contributed by atoms with Crippen LogP contribution in [0.2, 0.25) is 0 Å². The average molecular weight is 589 g/mol. The fourth-order valence-corrected chi connectivity index (χ4v) is 3.77. The molecule has 0 fully saturated rings. The van der Waals surface area contributed by atoms with Crippen LogP contribution in [0.4, 0.5) is 5.69 Å². The highest BCUT2D eigenvalue weighted by Crippen LogP contribution is 2.11. The lowest BCUT2D eigenvalue weighted by Crippen LogP contribution is -2.46. The maximum atomic E-state index is 12.1. The van der Waals surface area contributed by atoms with Gasteiger partial charge in [-0.1, -0.05) is 39.3 Å². The predicted molar refractivity (Wildman–Crippen MR) is 160 cm³/mol. The first-order valence-corrected chi connectivity index (χ1v) is 14.1. The van der Waals surface area contributed by atoms with Gasteiger partial charge in [0.05, 0.1) is 25.7 Å². The van der Waals surface area contributed by atoms with Gasteiger partial charge in [0.1, 0.15) is 6.29 Å². The first kappa shape index (κ1) is 34.9. The van der Waals surface area contributed by atoms with Crippen LogP contribution in [0.1, 0.15) is 52.0 Å². The number of carbonyl (C=O) groups is 6. The predicted octanol–water partition coefficient (Wildman–Crippen LogP) is 0.963. The molecule has 1 heterocycles. The van der Waals surface area contributed by atoms with Gasteiger partial charge < -0.3 is 31.4 Å². The van der Waals surface area contributed by atoms with Crippen LogP contribution in [0, 0.1) is 0 Å². The summed E-state index contributed by atoms with van der Waals surface area (Å²) >= 11 is 5.17. The summed E-state index contributed by atoms with van der Waals surface area (Å²) in [6.45, 7) is 5.48. The molecule has 5 N–H and O–H groups in total. The summed E-state index contributed by atoms with van der Waals surface area (Å²) in [5.74, 6) is -2.35. The Morgan fingerprint density at radius 1 is 0.878 bits per heavy atom. The van der Waals surface area contributed by atoms with Gasteiger partial charge in [-0.3, -0.25) is 28.9 Å². The van der Waals surface area contributed by atoms with Crippen LogP contribution < -0.4 is 26.6 Å². The Hall–Kier alpha value is -4.13. The van der Waals surface area contributed by atoms with E-state index in [-0.39, 0.29) is 43.1 Å². The molecular formula is C28H40N6O6S. The minimum absolute atomic E-state index is 0.148. The Morgan fingerprint density at radius 3 is 2.00 bits per heavy atom. The van der Waals surface area contributed by atoms with Gasteiger partial charge in [-0.25, -0.2) is 0 Å². The molecule has 0 aliphatic carbocycles. The minimum atomic E-state index is -0.769. The Bertz CT molecular complexity index is 1070. The molecule has 1 aliphatic heterocycles. The molecule has 13 heteroatoms. The lowest BCUT2D eigenvalue weighted by atomic mass is 10.1. The Balaban J connectivity index is 0.00000411. The number of hydrogen-bond acceptors (Lipinski definition) is 7. The van der Waals surface area contributed by atoms with Crippen LogP contribution in [-0.4, -0.2) is 78.1 Å². The number of unbranched alkanes of at least 4 members (excludes halogenated alkanes) is 1. The number of nitrogens with one attached hydrogen (secondary N) is 5. The molecule has 1 aromatic carbocycles. The van der Waals surface area contributed by atoms with Crippen molar-refractivity contribution in [3.05, 3.63) is 42.0 Å². The number of thiocarbonyl (C=S) groups is 1. The van der Waals surface area contributed by atoms with E-state index in [1.807, 2.05) is 38.1 Å². The Morgan fingerprint density at radius 2 is 1.44 bits per heavy atom. The average Bonchev–Trinajstić information content (AvgIpc) is 3.29.